The molecule has 2 saturated heterocycles. The topological polar surface area (TPSA) is 84.0 Å². The minimum atomic E-state index is -3.42. The van der Waals surface area contributed by atoms with Crippen LogP contribution in [-0.4, -0.2) is 68.8 Å². The van der Waals surface area contributed by atoms with Gasteiger partial charge in [-0.05, 0) is 18.1 Å². The van der Waals surface area contributed by atoms with E-state index in [-0.39, 0.29) is 37.8 Å². The van der Waals surface area contributed by atoms with E-state index in [1.54, 1.807) is 24.3 Å². The van der Waals surface area contributed by atoms with Crippen molar-refractivity contribution in [3.8, 4) is 0 Å². The first-order chi connectivity index (χ1) is 11.9. The average Bonchev–Trinajstić information content (AvgIpc) is 2.88. The van der Waals surface area contributed by atoms with Gasteiger partial charge in [-0.2, -0.15) is 0 Å². The van der Waals surface area contributed by atoms with Crippen molar-refractivity contribution >= 4 is 33.4 Å². The summed E-state index contributed by atoms with van der Waals surface area (Å²) in [5.41, 5.74) is 0.571. The lowest BCUT2D eigenvalue weighted by molar-refractivity contribution is -0.131. The molecule has 1 atom stereocenters. The van der Waals surface area contributed by atoms with E-state index in [1.165, 1.54) is 9.80 Å². The van der Waals surface area contributed by atoms with Crippen LogP contribution >= 0.6 is 11.6 Å². The van der Waals surface area contributed by atoms with Crippen LogP contribution < -0.4 is 0 Å². The Labute approximate surface area is 151 Å². The molecular formula is C16H19ClN2O5S. The quantitative estimate of drug-likeness (QED) is 0.785. The molecule has 0 aromatic heterocycles. The molecule has 7 nitrogen and oxygen atoms in total. The van der Waals surface area contributed by atoms with Gasteiger partial charge in [0.1, 0.15) is 13.2 Å². The highest BCUT2D eigenvalue weighted by atomic mass is 35.5. The summed E-state index contributed by atoms with van der Waals surface area (Å²) in [6, 6.07) is 6.88. The fourth-order valence-electron chi connectivity index (χ4n) is 3.11. The second kappa shape index (κ2) is 7.21. The van der Waals surface area contributed by atoms with Crippen LogP contribution in [0.25, 0.3) is 0 Å². The summed E-state index contributed by atoms with van der Waals surface area (Å²) in [5.74, 6) is -0.395. The van der Waals surface area contributed by atoms with Crippen molar-refractivity contribution in [2.45, 2.75) is 11.7 Å². The lowest BCUT2D eigenvalue weighted by Crippen LogP contribution is -2.42. The maximum Gasteiger partial charge on any atom is 0.410 e. The second-order valence-electron chi connectivity index (χ2n) is 6.08. The van der Waals surface area contributed by atoms with E-state index in [4.69, 9.17) is 16.3 Å². The van der Waals surface area contributed by atoms with E-state index in [1.807, 2.05) is 0 Å². The summed E-state index contributed by atoms with van der Waals surface area (Å²) in [6.07, 6.45) is -0.229. The van der Waals surface area contributed by atoms with Crippen LogP contribution in [-0.2, 0) is 19.4 Å². The maximum atomic E-state index is 12.6. The predicted octanol–water partition coefficient (Wildman–Crippen LogP) is 1.48. The van der Waals surface area contributed by atoms with Crippen LogP contribution in [0.2, 0.25) is 5.02 Å². The molecule has 0 N–H and O–H groups in total. The molecule has 25 heavy (non-hydrogen) atoms. The van der Waals surface area contributed by atoms with Gasteiger partial charge in [-0.25, -0.2) is 13.2 Å². The van der Waals surface area contributed by atoms with Crippen LogP contribution in [0.4, 0.5) is 4.79 Å². The summed E-state index contributed by atoms with van der Waals surface area (Å²) < 4.78 is 30.1. The second-order valence-corrected chi connectivity index (χ2v) is 8.79. The molecule has 2 aliphatic heterocycles. The van der Waals surface area contributed by atoms with Gasteiger partial charge in [0, 0.05) is 18.1 Å². The number of benzene rings is 1. The SMILES string of the molecule is O=C(CN1CCOC1=O)N1CCC(c2ccccc2Cl)S(=O)(=O)CC1. The molecule has 0 radical (unpaired) electrons. The Hall–Kier alpha value is -1.80. The van der Waals surface area contributed by atoms with E-state index >= 15 is 0 Å². The van der Waals surface area contributed by atoms with Gasteiger partial charge in [-0.1, -0.05) is 29.8 Å². The fraction of sp³-hybridized carbons (Fsp3) is 0.500. The summed E-state index contributed by atoms with van der Waals surface area (Å²) >= 11 is 6.16. The van der Waals surface area contributed by atoms with E-state index in [0.717, 1.165) is 0 Å². The molecule has 0 aliphatic carbocycles. The first-order valence-electron chi connectivity index (χ1n) is 8.04. The summed E-state index contributed by atoms with van der Waals surface area (Å²) in [7, 11) is -3.42. The monoisotopic (exact) mass is 386 g/mol. The zero-order chi connectivity index (χ0) is 18.0. The molecule has 2 amide bonds. The summed E-state index contributed by atoms with van der Waals surface area (Å²) in [4.78, 5) is 26.7. The van der Waals surface area contributed by atoms with Crippen molar-refractivity contribution in [3.05, 3.63) is 34.9 Å². The zero-order valence-electron chi connectivity index (χ0n) is 13.6. The van der Waals surface area contributed by atoms with Gasteiger partial charge in [0.15, 0.2) is 9.84 Å². The fourth-order valence-corrected chi connectivity index (χ4v) is 5.26. The van der Waals surface area contributed by atoms with Gasteiger partial charge in [0.2, 0.25) is 5.91 Å². The Morgan fingerprint density at radius 3 is 2.68 bits per heavy atom. The maximum absolute atomic E-state index is 12.6. The highest BCUT2D eigenvalue weighted by Gasteiger charge is 2.34. The molecule has 2 aliphatic rings. The number of sulfone groups is 1. The van der Waals surface area contributed by atoms with Crippen LogP contribution in [0, 0.1) is 0 Å². The van der Waals surface area contributed by atoms with Gasteiger partial charge >= 0.3 is 6.09 Å². The Balaban J connectivity index is 1.73. The van der Waals surface area contributed by atoms with Crippen molar-refractivity contribution in [3.63, 3.8) is 0 Å². The molecule has 1 aromatic rings. The van der Waals surface area contributed by atoms with E-state index in [9.17, 15) is 18.0 Å². The lowest BCUT2D eigenvalue weighted by Gasteiger charge is -2.22. The first kappa shape index (κ1) is 18.0. The molecule has 2 fully saturated rings. The number of hydrogen-bond acceptors (Lipinski definition) is 5. The predicted molar refractivity (Wildman–Crippen MR) is 92.1 cm³/mol. The van der Waals surface area contributed by atoms with Crippen molar-refractivity contribution < 1.29 is 22.7 Å². The van der Waals surface area contributed by atoms with Crippen molar-refractivity contribution in [2.75, 3.05) is 38.5 Å². The molecule has 136 valence electrons. The summed E-state index contributed by atoms with van der Waals surface area (Å²) in [6.45, 7) is 0.978. The molecule has 0 spiro atoms. The highest BCUT2D eigenvalue weighted by Crippen LogP contribution is 2.33. The Morgan fingerprint density at radius 2 is 2.00 bits per heavy atom. The van der Waals surface area contributed by atoms with E-state index < -0.39 is 21.2 Å². The molecule has 3 rings (SSSR count). The number of nitrogens with zero attached hydrogens (tertiary/aromatic N) is 2. The molecule has 2 heterocycles. The Kier molecular flexibility index (Phi) is 5.19. The van der Waals surface area contributed by atoms with Gasteiger partial charge in [0.25, 0.3) is 0 Å². The van der Waals surface area contributed by atoms with Gasteiger partial charge in [-0.3, -0.25) is 9.69 Å². The highest BCUT2D eigenvalue weighted by molar-refractivity contribution is 7.91. The third kappa shape index (κ3) is 3.90. The van der Waals surface area contributed by atoms with Crippen LogP contribution in [0.3, 0.4) is 0 Å². The number of carbonyl (C=O) groups excluding carboxylic acids is 2. The average molecular weight is 387 g/mol. The normalized spacial score (nSPS) is 23.2. The number of hydrogen-bond donors (Lipinski definition) is 0. The summed E-state index contributed by atoms with van der Waals surface area (Å²) in [5, 5.41) is -0.314. The van der Waals surface area contributed by atoms with Gasteiger partial charge < -0.3 is 9.64 Å². The molecule has 0 bridgehead atoms. The number of cyclic esters (lactones) is 1. The minimum Gasteiger partial charge on any atom is -0.448 e. The van der Waals surface area contributed by atoms with Crippen molar-refractivity contribution in [1.82, 2.24) is 9.80 Å². The van der Waals surface area contributed by atoms with Crippen LogP contribution in [0.15, 0.2) is 24.3 Å². The number of ether oxygens (including phenoxy) is 1. The largest absolute Gasteiger partial charge is 0.448 e. The lowest BCUT2D eigenvalue weighted by atomic mass is 10.1. The number of amides is 2. The Morgan fingerprint density at radius 1 is 1.24 bits per heavy atom. The van der Waals surface area contributed by atoms with Gasteiger partial charge in [0.05, 0.1) is 17.5 Å². The standard InChI is InChI=1S/C16H19ClN2O5S/c17-13-4-2-1-3-12(13)14-5-6-18(8-10-25(14,22)23)15(20)11-19-7-9-24-16(19)21/h1-4,14H,5-11H2. The molecule has 1 unspecified atom stereocenters. The molecule has 0 saturated carbocycles. The molecular weight excluding hydrogens is 368 g/mol. The number of carbonyl (C=O) groups is 2. The van der Waals surface area contributed by atoms with Crippen molar-refractivity contribution in [1.29, 1.82) is 0 Å². The van der Waals surface area contributed by atoms with Crippen LogP contribution in [0.1, 0.15) is 17.2 Å². The molecule has 9 heteroatoms. The molecule has 1 aromatic carbocycles. The van der Waals surface area contributed by atoms with Crippen LogP contribution in [0.5, 0.6) is 0 Å². The third-order valence-electron chi connectivity index (χ3n) is 4.52. The third-order valence-corrected chi connectivity index (χ3v) is 6.97. The van der Waals surface area contributed by atoms with Gasteiger partial charge in [-0.15, -0.1) is 0 Å². The minimum absolute atomic E-state index is 0.0877. The number of halogens is 1. The van der Waals surface area contributed by atoms with E-state index in [0.29, 0.717) is 23.7 Å². The van der Waals surface area contributed by atoms with Crippen molar-refractivity contribution in [2.24, 2.45) is 0 Å². The number of rotatable bonds is 3. The smallest absolute Gasteiger partial charge is 0.410 e. The van der Waals surface area contributed by atoms with E-state index in [2.05, 4.69) is 0 Å². The first-order valence-corrected chi connectivity index (χ1v) is 10.1. The Bertz CT molecular complexity index is 782. The zero-order valence-corrected chi connectivity index (χ0v) is 15.1.